The number of nitrogens with zero attached hydrogens (tertiary/aromatic N) is 3. The quantitative estimate of drug-likeness (QED) is 0.604. The van der Waals surface area contributed by atoms with E-state index in [4.69, 9.17) is 16.3 Å². The van der Waals surface area contributed by atoms with Gasteiger partial charge in [-0.05, 0) is 24.6 Å². The number of phenolic OH excluding ortho intramolecular Hbond substituents is 1. The molecule has 0 spiro atoms. The number of carbonyl (C=O) groups is 1. The number of phenols is 1. The van der Waals surface area contributed by atoms with Crippen LogP contribution in [0.15, 0.2) is 27.8 Å². The number of aromatic nitrogens is 4. The Morgan fingerprint density at radius 3 is 2.79 bits per heavy atom. The molecule has 2 N–H and O–H groups in total. The van der Waals surface area contributed by atoms with Gasteiger partial charge in [-0.1, -0.05) is 24.9 Å². The van der Waals surface area contributed by atoms with Crippen LogP contribution in [0.2, 0.25) is 5.02 Å². The van der Waals surface area contributed by atoms with Gasteiger partial charge >= 0.3 is 11.7 Å². The second-order valence-corrected chi connectivity index (χ2v) is 6.70. The minimum absolute atomic E-state index is 0.0409. The Kier molecular flexibility index (Phi) is 5.55. The van der Waals surface area contributed by atoms with Crippen molar-refractivity contribution in [3.8, 4) is 5.75 Å². The standard InChI is InChI=1S/C18H19ClN4O5/c1-3-4-7-23-15-14(16(25)21-18(23)27)22(2)13(20-15)9-28-17(26)11-6-5-10(19)8-12(11)24/h5-6,8,24H,3-4,7,9H2,1-2H3,(H,21,25,27). The number of benzene rings is 1. The number of ether oxygens (including phenoxy) is 1. The molecule has 0 aliphatic heterocycles. The van der Waals surface area contributed by atoms with Crippen LogP contribution >= 0.6 is 11.6 Å². The number of halogens is 1. The number of aryl methyl sites for hydroxylation is 2. The third-order valence-corrected chi connectivity index (χ3v) is 4.59. The van der Waals surface area contributed by atoms with E-state index >= 15 is 0 Å². The molecule has 3 aromatic rings. The molecule has 0 saturated carbocycles. The largest absolute Gasteiger partial charge is 0.507 e. The summed E-state index contributed by atoms with van der Waals surface area (Å²) in [6.45, 7) is 2.16. The number of rotatable bonds is 6. The number of imidazole rings is 1. The summed E-state index contributed by atoms with van der Waals surface area (Å²) in [4.78, 5) is 43.2. The monoisotopic (exact) mass is 406 g/mol. The molecule has 2 heterocycles. The van der Waals surface area contributed by atoms with E-state index < -0.39 is 17.2 Å². The minimum atomic E-state index is -0.765. The molecule has 0 radical (unpaired) electrons. The van der Waals surface area contributed by atoms with E-state index in [0.29, 0.717) is 6.54 Å². The van der Waals surface area contributed by atoms with Gasteiger partial charge in [0.15, 0.2) is 11.2 Å². The van der Waals surface area contributed by atoms with Gasteiger partial charge in [0, 0.05) is 18.6 Å². The molecule has 148 valence electrons. The second-order valence-electron chi connectivity index (χ2n) is 6.26. The number of hydrogen-bond donors (Lipinski definition) is 2. The Morgan fingerprint density at radius 2 is 2.11 bits per heavy atom. The van der Waals surface area contributed by atoms with E-state index in [-0.39, 0.29) is 39.9 Å². The van der Waals surface area contributed by atoms with Gasteiger partial charge in [0.1, 0.15) is 23.7 Å². The number of fused-ring (bicyclic) bond motifs is 1. The zero-order valence-corrected chi connectivity index (χ0v) is 16.1. The average Bonchev–Trinajstić information content (AvgIpc) is 2.96. The molecule has 10 heteroatoms. The van der Waals surface area contributed by atoms with Crippen molar-refractivity contribution in [1.82, 2.24) is 19.1 Å². The van der Waals surface area contributed by atoms with Crippen LogP contribution in [-0.4, -0.2) is 30.2 Å². The lowest BCUT2D eigenvalue weighted by Crippen LogP contribution is -2.31. The van der Waals surface area contributed by atoms with Crippen molar-refractivity contribution < 1.29 is 14.6 Å². The molecule has 0 saturated heterocycles. The van der Waals surface area contributed by atoms with Crippen molar-refractivity contribution in [2.24, 2.45) is 7.05 Å². The Morgan fingerprint density at radius 1 is 1.36 bits per heavy atom. The van der Waals surface area contributed by atoms with Gasteiger partial charge in [-0.2, -0.15) is 0 Å². The summed E-state index contributed by atoms with van der Waals surface area (Å²) < 4.78 is 8.09. The number of H-pyrrole nitrogens is 1. The van der Waals surface area contributed by atoms with Crippen LogP contribution in [0.4, 0.5) is 0 Å². The van der Waals surface area contributed by atoms with Gasteiger partial charge in [0.2, 0.25) is 0 Å². The summed E-state index contributed by atoms with van der Waals surface area (Å²) in [6.07, 6.45) is 1.62. The summed E-state index contributed by atoms with van der Waals surface area (Å²) >= 11 is 5.75. The Hall–Kier alpha value is -3.07. The lowest BCUT2D eigenvalue weighted by atomic mass is 10.2. The number of aromatic amines is 1. The molecule has 0 aliphatic rings. The van der Waals surface area contributed by atoms with Gasteiger partial charge in [0.25, 0.3) is 5.56 Å². The highest BCUT2D eigenvalue weighted by Crippen LogP contribution is 2.23. The summed E-state index contributed by atoms with van der Waals surface area (Å²) in [5, 5.41) is 10.1. The topological polar surface area (TPSA) is 119 Å². The number of nitrogens with one attached hydrogen (secondary N) is 1. The van der Waals surface area contributed by atoms with E-state index in [1.165, 1.54) is 27.3 Å². The lowest BCUT2D eigenvalue weighted by molar-refractivity contribution is 0.0456. The van der Waals surface area contributed by atoms with E-state index in [9.17, 15) is 19.5 Å². The average molecular weight is 407 g/mol. The molecule has 28 heavy (non-hydrogen) atoms. The fraction of sp³-hybridized carbons (Fsp3) is 0.333. The molecule has 0 aliphatic carbocycles. The fourth-order valence-corrected chi connectivity index (χ4v) is 3.00. The first kappa shape index (κ1) is 19.7. The predicted molar refractivity (Wildman–Crippen MR) is 103 cm³/mol. The Labute approximate surface area is 164 Å². The zero-order chi connectivity index (χ0) is 20.4. The normalized spacial score (nSPS) is 11.1. The lowest BCUT2D eigenvalue weighted by Gasteiger charge is -2.06. The molecule has 2 aromatic heterocycles. The molecule has 0 fully saturated rings. The van der Waals surface area contributed by atoms with Crippen LogP contribution in [0, 0.1) is 0 Å². The first-order valence-corrected chi connectivity index (χ1v) is 9.05. The third-order valence-electron chi connectivity index (χ3n) is 4.35. The summed E-state index contributed by atoms with van der Waals surface area (Å²) in [5.74, 6) is -0.774. The first-order valence-electron chi connectivity index (χ1n) is 8.67. The van der Waals surface area contributed by atoms with E-state index in [1.54, 1.807) is 7.05 Å². The molecule has 0 bridgehead atoms. The van der Waals surface area contributed by atoms with Gasteiger partial charge in [-0.25, -0.2) is 14.6 Å². The van der Waals surface area contributed by atoms with Crippen molar-refractivity contribution in [3.05, 3.63) is 55.4 Å². The third kappa shape index (κ3) is 3.65. The molecule has 1 aromatic carbocycles. The molecule has 0 unspecified atom stereocenters. The molecular weight excluding hydrogens is 388 g/mol. The highest BCUT2D eigenvalue weighted by molar-refractivity contribution is 6.30. The maximum Gasteiger partial charge on any atom is 0.342 e. The molecule has 0 atom stereocenters. The van der Waals surface area contributed by atoms with Crippen molar-refractivity contribution >= 4 is 28.7 Å². The smallest absolute Gasteiger partial charge is 0.342 e. The summed E-state index contributed by atoms with van der Waals surface area (Å²) in [6, 6.07) is 4.04. The van der Waals surface area contributed by atoms with Crippen molar-refractivity contribution in [1.29, 1.82) is 0 Å². The van der Waals surface area contributed by atoms with Gasteiger partial charge in [-0.15, -0.1) is 0 Å². The number of unbranched alkanes of at least 4 members (excludes halogenated alkanes) is 1. The predicted octanol–water partition coefficient (Wildman–Crippen LogP) is 1.94. The van der Waals surface area contributed by atoms with Crippen molar-refractivity contribution in [2.75, 3.05) is 0 Å². The van der Waals surface area contributed by atoms with E-state index in [1.807, 2.05) is 6.92 Å². The number of aromatic hydroxyl groups is 1. The van der Waals surface area contributed by atoms with Crippen molar-refractivity contribution in [3.63, 3.8) is 0 Å². The molecule has 0 amide bonds. The highest BCUT2D eigenvalue weighted by Gasteiger charge is 2.19. The van der Waals surface area contributed by atoms with E-state index in [0.717, 1.165) is 12.8 Å². The highest BCUT2D eigenvalue weighted by atomic mass is 35.5. The number of esters is 1. The van der Waals surface area contributed by atoms with Crippen LogP contribution < -0.4 is 11.2 Å². The van der Waals surface area contributed by atoms with E-state index in [2.05, 4.69) is 9.97 Å². The first-order chi connectivity index (χ1) is 13.3. The number of carbonyl (C=O) groups excluding carboxylic acids is 1. The zero-order valence-electron chi connectivity index (χ0n) is 15.4. The van der Waals surface area contributed by atoms with Crippen LogP contribution in [0.3, 0.4) is 0 Å². The Bertz CT molecular complexity index is 1160. The van der Waals surface area contributed by atoms with Crippen LogP contribution in [0.25, 0.3) is 11.2 Å². The van der Waals surface area contributed by atoms with Crippen LogP contribution in [0.1, 0.15) is 35.9 Å². The molecular formula is C18H19ClN4O5. The van der Waals surface area contributed by atoms with Crippen LogP contribution in [-0.2, 0) is 24.9 Å². The SMILES string of the molecule is CCCCn1c(=O)[nH]c(=O)c2c1nc(COC(=O)c1ccc(Cl)cc1O)n2C. The minimum Gasteiger partial charge on any atom is -0.507 e. The molecule has 3 rings (SSSR count). The Balaban J connectivity index is 1.92. The maximum absolute atomic E-state index is 12.2. The number of hydrogen-bond acceptors (Lipinski definition) is 6. The van der Waals surface area contributed by atoms with Gasteiger partial charge < -0.3 is 14.4 Å². The summed E-state index contributed by atoms with van der Waals surface area (Å²) in [7, 11) is 1.60. The van der Waals surface area contributed by atoms with Gasteiger partial charge in [-0.3, -0.25) is 14.3 Å². The van der Waals surface area contributed by atoms with Crippen LogP contribution in [0.5, 0.6) is 5.75 Å². The maximum atomic E-state index is 12.2. The molecule has 9 nitrogen and oxygen atoms in total. The fourth-order valence-electron chi connectivity index (χ4n) is 2.83. The van der Waals surface area contributed by atoms with Gasteiger partial charge in [0.05, 0.1) is 0 Å². The van der Waals surface area contributed by atoms with Crippen molar-refractivity contribution in [2.45, 2.75) is 32.9 Å². The summed E-state index contributed by atoms with van der Waals surface area (Å²) in [5.41, 5.74) is -0.670. The second kappa shape index (κ2) is 7.89.